The molecule has 6 heteroatoms. The molecule has 19 heavy (non-hydrogen) atoms. The Morgan fingerprint density at radius 2 is 2.21 bits per heavy atom. The number of carbonyl (C=O) groups excluding carboxylic acids is 1. The highest BCUT2D eigenvalue weighted by atomic mass is 16.4. The summed E-state index contributed by atoms with van der Waals surface area (Å²) in [5.41, 5.74) is 6.81. The number of carboxylic acids is 1. The second-order valence-electron chi connectivity index (χ2n) is 4.51. The number of para-hydroxylation sites is 1. The third kappa shape index (κ3) is 2.33. The van der Waals surface area contributed by atoms with Crippen LogP contribution in [0.15, 0.2) is 18.2 Å². The maximum absolute atomic E-state index is 11.8. The summed E-state index contributed by atoms with van der Waals surface area (Å²) in [5.74, 6) is -1.13. The molecule has 1 saturated heterocycles. The molecule has 4 N–H and O–H groups in total. The van der Waals surface area contributed by atoms with E-state index >= 15 is 0 Å². The van der Waals surface area contributed by atoms with Gasteiger partial charge in [0.15, 0.2) is 0 Å². The van der Waals surface area contributed by atoms with E-state index in [1.165, 1.54) is 6.07 Å². The van der Waals surface area contributed by atoms with Crippen LogP contribution in [0.4, 0.5) is 11.4 Å². The number of aromatic carboxylic acids is 1. The molecule has 0 bridgehead atoms. The number of nitrogen functional groups attached to an aromatic ring is 1. The van der Waals surface area contributed by atoms with Crippen LogP contribution in [-0.2, 0) is 4.79 Å². The van der Waals surface area contributed by atoms with Gasteiger partial charge in [0, 0.05) is 13.6 Å². The summed E-state index contributed by atoms with van der Waals surface area (Å²) < 4.78 is 0. The molecule has 1 heterocycles. The minimum atomic E-state index is -1.06. The van der Waals surface area contributed by atoms with Crippen molar-refractivity contribution in [3.63, 3.8) is 0 Å². The second kappa shape index (κ2) is 5.17. The van der Waals surface area contributed by atoms with Gasteiger partial charge in [-0.15, -0.1) is 0 Å². The van der Waals surface area contributed by atoms with Crippen molar-refractivity contribution in [2.45, 2.75) is 18.9 Å². The Kier molecular flexibility index (Phi) is 3.59. The number of hydrogen-bond donors (Lipinski definition) is 3. The molecule has 2 rings (SSSR count). The summed E-state index contributed by atoms with van der Waals surface area (Å²) in [6.45, 7) is 0.700. The highest BCUT2D eigenvalue weighted by molar-refractivity contribution is 5.98. The van der Waals surface area contributed by atoms with Gasteiger partial charge in [0.25, 0.3) is 0 Å². The molecule has 1 aliphatic rings. The minimum Gasteiger partial charge on any atom is -0.478 e. The van der Waals surface area contributed by atoms with Crippen molar-refractivity contribution in [3.8, 4) is 0 Å². The molecule has 102 valence electrons. The number of anilines is 2. The highest BCUT2D eigenvalue weighted by Crippen LogP contribution is 2.32. The molecule has 0 radical (unpaired) electrons. The smallest absolute Gasteiger partial charge is 0.337 e. The van der Waals surface area contributed by atoms with Crippen molar-refractivity contribution in [1.29, 1.82) is 0 Å². The zero-order valence-corrected chi connectivity index (χ0v) is 10.7. The fourth-order valence-electron chi connectivity index (χ4n) is 2.48. The zero-order chi connectivity index (χ0) is 14.0. The third-order valence-corrected chi connectivity index (χ3v) is 3.42. The van der Waals surface area contributed by atoms with Gasteiger partial charge in [-0.05, 0) is 25.0 Å². The van der Waals surface area contributed by atoms with E-state index in [0.717, 1.165) is 12.8 Å². The number of hydrogen-bond acceptors (Lipinski definition) is 4. The summed E-state index contributed by atoms with van der Waals surface area (Å²) in [6, 6.07) is 4.58. The van der Waals surface area contributed by atoms with E-state index in [9.17, 15) is 9.59 Å². The molecule has 1 unspecified atom stereocenters. The average Bonchev–Trinajstić information content (AvgIpc) is 2.86. The van der Waals surface area contributed by atoms with Crippen molar-refractivity contribution >= 4 is 23.3 Å². The summed E-state index contributed by atoms with van der Waals surface area (Å²) >= 11 is 0. The largest absolute Gasteiger partial charge is 0.478 e. The molecule has 0 spiro atoms. The summed E-state index contributed by atoms with van der Waals surface area (Å²) in [6.07, 6.45) is 1.63. The minimum absolute atomic E-state index is 0.0695. The first kappa shape index (κ1) is 13.2. The zero-order valence-electron chi connectivity index (χ0n) is 10.7. The number of carboxylic acid groups (broad SMARTS) is 1. The van der Waals surface area contributed by atoms with Gasteiger partial charge in [0.1, 0.15) is 6.04 Å². The van der Waals surface area contributed by atoms with Crippen LogP contribution in [0.1, 0.15) is 23.2 Å². The number of nitrogens with zero attached hydrogens (tertiary/aromatic N) is 1. The quantitative estimate of drug-likeness (QED) is 0.697. The van der Waals surface area contributed by atoms with E-state index in [1.807, 2.05) is 4.90 Å². The van der Waals surface area contributed by atoms with Crippen LogP contribution in [0, 0.1) is 0 Å². The van der Waals surface area contributed by atoms with Gasteiger partial charge < -0.3 is 21.1 Å². The Morgan fingerprint density at radius 1 is 1.47 bits per heavy atom. The van der Waals surface area contributed by atoms with Crippen molar-refractivity contribution in [2.75, 3.05) is 24.2 Å². The van der Waals surface area contributed by atoms with Crippen LogP contribution in [0.25, 0.3) is 0 Å². The van der Waals surface area contributed by atoms with E-state index in [0.29, 0.717) is 12.2 Å². The van der Waals surface area contributed by atoms with Crippen LogP contribution in [-0.4, -0.2) is 36.6 Å². The number of nitrogens with one attached hydrogen (secondary N) is 1. The molecule has 0 aliphatic carbocycles. The third-order valence-electron chi connectivity index (χ3n) is 3.42. The van der Waals surface area contributed by atoms with E-state index in [-0.39, 0.29) is 23.2 Å². The van der Waals surface area contributed by atoms with Gasteiger partial charge >= 0.3 is 5.97 Å². The molecule has 1 atom stereocenters. The molecule has 1 amide bonds. The first-order valence-electron chi connectivity index (χ1n) is 6.16. The number of likely N-dealkylation sites (N-methyl/N-ethyl adjacent to an activating group) is 1. The van der Waals surface area contributed by atoms with Gasteiger partial charge in [0.05, 0.1) is 16.9 Å². The molecule has 1 aromatic rings. The van der Waals surface area contributed by atoms with Crippen molar-refractivity contribution in [3.05, 3.63) is 23.8 Å². The summed E-state index contributed by atoms with van der Waals surface area (Å²) in [7, 11) is 1.59. The predicted molar refractivity (Wildman–Crippen MR) is 72.2 cm³/mol. The Hall–Kier alpha value is -2.24. The number of rotatable bonds is 3. The van der Waals surface area contributed by atoms with Crippen molar-refractivity contribution < 1.29 is 14.7 Å². The van der Waals surface area contributed by atoms with Crippen LogP contribution >= 0.6 is 0 Å². The van der Waals surface area contributed by atoms with Crippen LogP contribution in [0.2, 0.25) is 0 Å². The van der Waals surface area contributed by atoms with Gasteiger partial charge in [-0.3, -0.25) is 4.79 Å². The van der Waals surface area contributed by atoms with Gasteiger partial charge in [-0.1, -0.05) is 6.07 Å². The number of benzene rings is 1. The average molecular weight is 263 g/mol. The fourth-order valence-corrected chi connectivity index (χ4v) is 2.48. The highest BCUT2D eigenvalue weighted by Gasteiger charge is 2.31. The molecule has 1 aliphatic heterocycles. The molecular weight excluding hydrogens is 246 g/mol. The fraction of sp³-hybridized carbons (Fsp3) is 0.385. The van der Waals surface area contributed by atoms with E-state index < -0.39 is 5.97 Å². The Morgan fingerprint density at radius 3 is 2.84 bits per heavy atom. The maximum atomic E-state index is 11.8. The lowest BCUT2D eigenvalue weighted by molar-refractivity contribution is -0.121. The topological polar surface area (TPSA) is 95.7 Å². The molecule has 1 aromatic carbocycles. The SMILES string of the molecule is CNC(=O)C1CCCN1c1cccc(C(=O)O)c1N. The van der Waals surface area contributed by atoms with E-state index in [1.54, 1.807) is 19.2 Å². The van der Waals surface area contributed by atoms with E-state index in [4.69, 9.17) is 10.8 Å². The predicted octanol–water partition coefficient (Wildman–Crippen LogP) is 0.682. The van der Waals surface area contributed by atoms with Crippen molar-refractivity contribution in [1.82, 2.24) is 5.32 Å². The number of amides is 1. The molecule has 1 fully saturated rings. The monoisotopic (exact) mass is 263 g/mol. The lowest BCUT2D eigenvalue weighted by Crippen LogP contribution is -2.42. The van der Waals surface area contributed by atoms with Gasteiger partial charge in [-0.2, -0.15) is 0 Å². The van der Waals surface area contributed by atoms with Crippen molar-refractivity contribution in [2.24, 2.45) is 0 Å². The standard InChI is InChI=1S/C13H17N3O3/c1-15-12(17)10-6-3-7-16(10)9-5-2-4-8(11(9)14)13(18)19/h2,4-5,10H,3,6-7,14H2,1H3,(H,15,17)(H,18,19). The first-order chi connectivity index (χ1) is 9.06. The lowest BCUT2D eigenvalue weighted by Gasteiger charge is -2.27. The van der Waals surface area contributed by atoms with Crippen LogP contribution in [0.5, 0.6) is 0 Å². The van der Waals surface area contributed by atoms with E-state index in [2.05, 4.69) is 5.32 Å². The molecule has 6 nitrogen and oxygen atoms in total. The molecule has 0 aromatic heterocycles. The number of nitrogens with two attached hydrogens (primary N) is 1. The van der Waals surface area contributed by atoms with Crippen LogP contribution < -0.4 is 16.0 Å². The summed E-state index contributed by atoms with van der Waals surface area (Å²) in [5, 5.41) is 11.7. The Labute approximate surface area is 111 Å². The maximum Gasteiger partial charge on any atom is 0.337 e. The summed E-state index contributed by atoms with van der Waals surface area (Å²) in [4.78, 5) is 24.8. The Balaban J connectivity index is 2.38. The second-order valence-corrected chi connectivity index (χ2v) is 4.51. The van der Waals surface area contributed by atoms with Crippen LogP contribution in [0.3, 0.4) is 0 Å². The molecule has 0 saturated carbocycles. The number of carbonyl (C=O) groups is 2. The molecular formula is C13H17N3O3. The van der Waals surface area contributed by atoms with Gasteiger partial charge in [0.2, 0.25) is 5.91 Å². The lowest BCUT2D eigenvalue weighted by atomic mass is 10.1. The normalized spacial score (nSPS) is 18.4. The first-order valence-corrected chi connectivity index (χ1v) is 6.16. The Bertz CT molecular complexity index is 516. The van der Waals surface area contributed by atoms with Gasteiger partial charge in [-0.25, -0.2) is 4.79 Å².